The molecule has 2 unspecified atom stereocenters. The van der Waals surface area contributed by atoms with E-state index in [1.807, 2.05) is 24.3 Å². The van der Waals surface area contributed by atoms with Crippen LogP contribution in [0.5, 0.6) is 11.8 Å². The van der Waals surface area contributed by atoms with Crippen molar-refractivity contribution >= 4 is 39.1 Å². The van der Waals surface area contributed by atoms with Gasteiger partial charge in [-0.05, 0) is 67.1 Å². The largest absolute Gasteiger partial charge is 0.508 e. The van der Waals surface area contributed by atoms with E-state index in [9.17, 15) is 5.11 Å². The van der Waals surface area contributed by atoms with Crippen molar-refractivity contribution in [2.75, 3.05) is 50.9 Å². The molecule has 43 heavy (non-hydrogen) atoms. The Morgan fingerprint density at radius 1 is 1.16 bits per heavy atom. The number of piperazine rings is 1. The monoisotopic (exact) mass is 605 g/mol. The molecule has 4 aliphatic heterocycles. The number of aromatic hydroxyl groups is 1. The van der Waals surface area contributed by atoms with Crippen molar-refractivity contribution in [2.24, 2.45) is 0 Å². The molecule has 10 heteroatoms. The van der Waals surface area contributed by atoms with Crippen molar-refractivity contribution in [3.05, 3.63) is 53.3 Å². The average Bonchev–Trinajstić information content (AvgIpc) is 3.36. The Balaban J connectivity index is 1.30. The maximum Gasteiger partial charge on any atom is 0.319 e. The van der Waals surface area contributed by atoms with Crippen LogP contribution in [0.25, 0.3) is 32.8 Å². The number of hydrogen-bond donors (Lipinski definition) is 2. The van der Waals surface area contributed by atoms with Gasteiger partial charge < -0.3 is 24.8 Å². The highest BCUT2D eigenvalue weighted by Gasteiger charge is 2.34. The number of nitrogens with zero attached hydrogens (tertiary/aromatic N) is 4. The van der Waals surface area contributed by atoms with Crippen molar-refractivity contribution < 1.29 is 19.0 Å². The number of phenolic OH excluding ortho intramolecular Hbond substituents is 1. The molecule has 4 aromatic rings. The number of benzene rings is 3. The van der Waals surface area contributed by atoms with E-state index in [2.05, 4.69) is 27.0 Å². The first-order chi connectivity index (χ1) is 21.0. The Labute approximate surface area is 255 Å². The number of halogens is 2. The summed E-state index contributed by atoms with van der Waals surface area (Å²) in [5.41, 5.74) is 0.888. The minimum absolute atomic E-state index is 0.0411. The van der Waals surface area contributed by atoms with Crippen LogP contribution in [-0.2, 0) is 4.74 Å². The summed E-state index contributed by atoms with van der Waals surface area (Å²) < 4.78 is 28.5. The molecule has 2 bridgehead atoms. The molecule has 3 atom stereocenters. The van der Waals surface area contributed by atoms with Crippen molar-refractivity contribution in [3.63, 3.8) is 0 Å². The van der Waals surface area contributed by atoms with Gasteiger partial charge in [0.1, 0.15) is 17.1 Å². The molecule has 8 nitrogen and oxygen atoms in total. The minimum atomic E-state index is -0.549. The second-order valence-corrected chi connectivity index (χ2v) is 12.4. The standard InChI is InChI=1S/C33H37ClFN5O3/c1-20-19-42-13-11-39(20)10-5-12-43-33-37-31-27(32(38-33)40-18-22-7-4-8-23(40)17-36-22)16-28(34)29(30(31)35)26-15-24(41)14-21-6-2-3-9-25(21)26/h2-3,6,9,14-16,20,22-23,36,41H,4-5,7-8,10-13,17-19H2,1H3/t20-,22?,23?/m0/s1. The minimum Gasteiger partial charge on any atom is -0.508 e. The zero-order chi connectivity index (χ0) is 29.5. The first-order valence-electron chi connectivity index (χ1n) is 15.3. The fourth-order valence-electron chi connectivity index (χ4n) is 6.89. The van der Waals surface area contributed by atoms with Gasteiger partial charge in [0.25, 0.3) is 0 Å². The van der Waals surface area contributed by atoms with Gasteiger partial charge in [0.05, 0.1) is 24.8 Å². The van der Waals surface area contributed by atoms with Gasteiger partial charge in [0.2, 0.25) is 0 Å². The summed E-state index contributed by atoms with van der Waals surface area (Å²) in [5.74, 6) is 0.152. The van der Waals surface area contributed by atoms with Gasteiger partial charge in [-0.1, -0.05) is 35.9 Å². The van der Waals surface area contributed by atoms with Crippen molar-refractivity contribution in [2.45, 2.75) is 50.7 Å². The lowest BCUT2D eigenvalue weighted by Crippen LogP contribution is -2.54. The lowest BCUT2D eigenvalue weighted by molar-refractivity contribution is -0.00211. The lowest BCUT2D eigenvalue weighted by Gasteiger charge is -2.38. The number of ether oxygens (including phenoxy) is 2. The number of morpholine rings is 1. The Morgan fingerprint density at radius 2 is 2.05 bits per heavy atom. The molecule has 4 saturated heterocycles. The maximum absolute atomic E-state index is 16.8. The summed E-state index contributed by atoms with van der Waals surface area (Å²) in [6.45, 7) is 7.49. The van der Waals surface area contributed by atoms with Crippen LogP contribution in [0.15, 0.2) is 42.5 Å². The normalized spacial score (nSPS) is 22.8. The summed E-state index contributed by atoms with van der Waals surface area (Å²) in [7, 11) is 0. The highest BCUT2D eigenvalue weighted by Crippen LogP contribution is 2.43. The Kier molecular flexibility index (Phi) is 7.98. The van der Waals surface area contributed by atoms with Crippen molar-refractivity contribution in [3.8, 4) is 22.9 Å². The molecule has 0 radical (unpaired) electrons. The Hall–Kier alpha value is -3.24. The number of phenols is 1. The molecule has 4 fully saturated rings. The van der Waals surface area contributed by atoms with Crippen LogP contribution >= 0.6 is 11.6 Å². The number of fused-ring (bicyclic) bond motifs is 6. The van der Waals surface area contributed by atoms with Crippen LogP contribution in [0.2, 0.25) is 5.02 Å². The second kappa shape index (κ2) is 12.0. The highest BCUT2D eigenvalue weighted by atomic mass is 35.5. The Bertz CT molecular complexity index is 1650. The van der Waals surface area contributed by atoms with Crippen LogP contribution in [0.4, 0.5) is 10.2 Å². The van der Waals surface area contributed by atoms with Crippen LogP contribution < -0.4 is 15.0 Å². The highest BCUT2D eigenvalue weighted by molar-refractivity contribution is 6.35. The number of anilines is 1. The van der Waals surface area contributed by atoms with E-state index in [1.165, 1.54) is 0 Å². The number of hydrogen-bond acceptors (Lipinski definition) is 8. The van der Waals surface area contributed by atoms with Gasteiger partial charge in [-0.2, -0.15) is 9.97 Å². The lowest BCUT2D eigenvalue weighted by atomic mass is 9.96. The Morgan fingerprint density at radius 3 is 2.93 bits per heavy atom. The molecule has 3 aromatic carbocycles. The molecule has 0 saturated carbocycles. The van der Waals surface area contributed by atoms with Crippen molar-refractivity contribution in [1.82, 2.24) is 20.2 Å². The van der Waals surface area contributed by atoms with E-state index in [4.69, 9.17) is 26.1 Å². The third-order valence-electron chi connectivity index (χ3n) is 9.15. The van der Waals surface area contributed by atoms with E-state index >= 15 is 4.39 Å². The average molecular weight is 606 g/mol. The quantitative estimate of drug-likeness (QED) is 0.257. The molecular weight excluding hydrogens is 569 g/mol. The van der Waals surface area contributed by atoms with Crippen LogP contribution in [0.1, 0.15) is 32.6 Å². The third-order valence-corrected chi connectivity index (χ3v) is 9.44. The molecule has 0 spiro atoms. The van der Waals surface area contributed by atoms with E-state index in [0.717, 1.165) is 75.8 Å². The molecule has 8 rings (SSSR count). The number of rotatable bonds is 7. The maximum atomic E-state index is 16.8. The predicted molar refractivity (Wildman–Crippen MR) is 168 cm³/mol. The summed E-state index contributed by atoms with van der Waals surface area (Å²) >= 11 is 6.89. The fraction of sp³-hybridized carbons (Fsp3) is 0.455. The second-order valence-electron chi connectivity index (χ2n) is 12.0. The fourth-order valence-corrected chi connectivity index (χ4v) is 7.19. The summed E-state index contributed by atoms with van der Waals surface area (Å²) in [5, 5.41) is 16.6. The SMILES string of the molecule is C[C@H]1COCCN1CCCOc1nc(N2CC3CCCC2CN3)c2cc(Cl)c(-c3cc(O)cc4ccccc34)c(F)c2n1. The van der Waals surface area contributed by atoms with Gasteiger partial charge in [-0.15, -0.1) is 0 Å². The van der Waals surface area contributed by atoms with Crippen LogP contribution in [0.3, 0.4) is 0 Å². The van der Waals surface area contributed by atoms with Crippen LogP contribution in [-0.4, -0.2) is 84.1 Å². The van der Waals surface area contributed by atoms with Crippen molar-refractivity contribution in [1.29, 1.82) is 0 Å². The zero-order valence-electron chi connectivity index (χ0n) is 24.4. The molecule has 2 N–H and O–H groups in total. The number of aromatic nitrogens is 2. The first-order valence-corrected chi connectivity index (χ1v) is 15.7. The van der Waals surface area contributed by atoms with Gasteiger partial charge in [-0.25, -0.2) is 4.39 Å². The van der Waals surface area contributed by atoms with E-state index in [-0.39, 0.29) is 33.9 Å². The first kappa shape index (κ1) is 28.5. The van der Waals surface area contributed by atoms with Gasteiger partial charge in [-0.3, -0.25) is 4.90 Å². The summed E-state index contributed by atoms with van der Waals surface area (Å²) in [6, 6.07) is 13.7. The molecule has 1 aromatic heterocycles. The van der Waals surface area contributed by atoms with E-state index < -0.39 is 5.82 Å². The summed E-state index contributed by atoms with van der Waals surface area (Å²) in [4.78, 5) is 14.2. The van der Waals surface area contributed by atoms with E-state index in [0.29, 0.717) is 35.5 Å². The molecular formula is C33H37ClFN5O3. The number of nitrogens with one attached hydrogen (secondary N) is 1. The third kappa shape index (κ3) is 5.59. The van der Waals surface area contributed by atoms with E-state index in [1.54, 1.807) is 18.2 Å². The topological polar surface area (TPSA) is 83.0 Å². The molecule has 4 aliphatic rings. The van der Waals surface area contributed by atoms with Gasteiger partial charge >= 0.3 is 6.01 Å². The smallest absolute Gasteiger partial charge is 0.319 e. The molecule has 5 heterocycles. The predicted octanol–water partition coefficient (Wildman–Crippen LogP) is 5.77. The summed E-state index contributed by atoms with van der Waals surface area (Å²) in [6.07, 6.45) is 4.06. The molecule has 226 valence electrons. The van der Waals surface area contributed by atoms with Crippen LogP contribution in [0, 0.1) is 5.82 Å². The van der Waals surface area contributed by atoms with Gasteiger partial charge in [0, 0.05) is 55.3 Å². The zero-order valence-corrected chi connectivity index (χ0v) is 25.1. The molecule has 0 aliphatic carbocycles. The molecule has 0 amide bonds. The van der Waals surface area contributed by atoms with Gasteiger partial charge in [0.15, 0.2) is 5.82 Å².